The summed E-state index contributed by atoms with van der Waals surface area (Å²) < 4.78 is 20.6. The van der Waals surface area contributed by atoms with Gasteiger partial charge in [0.2, 0.25) is 0 Å². The van der Waals surface area contributed by atoms with Crippen LogP contribution < -0.4 is 5.32 Å². The third kappa shape index (κ3) is 8.84. The minimum atomic E-state index is -0.911. The van der Waals surface area contributed by atoms with E-state index in [1.165, 1.54) is 14.2 Å². The summed E-state index contributed by atoms with van der Waals surface area (Å²) in [5.74, 6) is -0.440. The first kappa shape index (κ1) is 20.7. The maximum atomic E-state index is 12.0. The van der Waals surface area contributed by atoms with Crippen molar-refractivity contribution in [1.29, 1.82) is 0 Å². The Labute approximate surface area is 132 Å². The van der Waals surface area contributed by atoms with Gasteiger partial charge in [-0.3, -0.25) is 4.79 Å². The monoisotopic (exact) mass is 319 g/mol. The van der Waals surface area contributed by atoms with Crippen molar-refractivity contribution in [2.75, 3.05) is 20.8 Å². The summed E-state index contributed by atoms with van der Waals surface area (Å²) in [4.78, 5) is 23.6. The van der Waals surface area contributed by atoms with Crippen molar-refractivity contribution in [2.45, 2.75) is 64.9 Å². The summed E-state index contributed by atoms with van der Waals surface area (Å²) in [5.41, 5.74) is -1.54. The van der Waals surface area contributed by atoms with Gasteiger partial charge in [0, 0.05) is 20.1 Å². The molecule has 0 spiro atoms. The Balaban J connectivity index is 4.99. The van der Waals surface area contributed by atoms with Gasteiger partial charge in [-0.25, -0.2) is 4.79 Å². The first-order chi connectivity index (χ1) is 10.0. The fourth-order valence-electron chi connectivity index (χ4n) is 1.87. The average Bonchev–Trinajstić information content (AvgIpc) is 2.35. The van der Waals surface area contributed by atoms with Gasteiger partial charge < -0.3 is 24.3 Å². The van der Waals surface area contributed by atoms with E-state index in [1.54, 1.807) is 27.7 Å². The molecule has 0 heterocycles. The predicted octanol–water partition coefficient (Wildman–Crippen LogP) is 2.23. The standard InChI is InChI=1S/C15H29NO6/c1-8-21-12(20-7)10-15(5,9-11(17)19-6)16-13(18)22-14(2,3)4/h12H,8-10H2,1-7H3,(H,16,18). The number of nitrogens with one attached hydrogen (secondary N) is 1. The highest BCUT2D eigenvalue weighted by Gasteiger charge is 2.35. The van der Waals surface area contributed by atoms with E-state index in [0.717, 1.165) is 0 Å². The molecule has 0 aliphatic rings. The zero-order valence-electron chi connectivity index (χ0n) is 14.6. The van der Waals surface area contributed by atoms with Crippen molar-refractivity contribution >= 4 is 12.1 Å². The molecule has 7 nitrogen and oxygen atoms in total. The lowest BCUT2D eigenvalue weighted by Crippen LogP contribution is -2.51. The molecule has 0 fully saturated rings. The summed E-state index contributed by atoms with van der Waals surface area (Å²) in [7, 11) is 2.80. The van der Waals surface area contributed by atoms with Crippen molar-refractivity contribution in [1.82, 2.24) is 5.32 Å². The van der Waals surface area contributed by atoms with Crippen LogP contribution in [0.15, 0.2) is 0 Å². The van der Waals surface area contributed by atoms with Gasteiger partial charge in [-0.15, -0.1) is 0 Å². The first-order valence-electron chi connectivity index (χ1n) is 7.27. The third-order valence-corrected chi connectivity index (χ3v) is 2.80. The number of methoxy groups -OCH3 is 2. The molecule has 22 heavy (non-hydrogen) atoms. The molecule has 130 valence electrons. The molecular formula is C15H29NO6. The molecule has 0 aliphatic heterocycles. The fraction of sp³-hybridized carbons (Fsp3) is 0.867. The minimum Gasteiger partial charge on any atom is -0.469 e. The zero-order chi connectivity index (χ0) is 17.4. The second-order valence-corrected chi connectivity index (χ2v) is 6.27. The quantitative estimate of drug-likeness (QED) is 0.545. The van der Waals surface area contributed by atoms with Crippen molar-refractivity contribution < 1.29 is 28.5 Å². The number of amides is 1. The lowest BCUT2D eigenvalue weighted by atomic mass is 9.93. The average molecular weight is 319 g/mol. The van der Waals surface area contributed by atoms with Gasteiger partial charge in [-0.05, 0) is 34.6 Å². The van der Waals surface area contributed by atoms with Gasteiger partial charge in [0.15, 0.2) is 6.29 Å². The van der Waals surface area contributed by atoms with E-state index in [0.29, 0.717) is 6.61 Å². The highest BCUT2D eigenvalue weighted by atomic mass is 16.7. The van der Waals surface area contributed by atoms with E-state index in [9.17, 15) is 9.59 Å². The summed E-state index contributed by atoms with van der Waals surface area (Å²) in [6.45, 7) is 9.32. The summed E-state index contributed by atoms with van der Waals surface area (Å²) in [6.07, 6.45) is -0.888. The lowest BCUT2D eigenvalue weighted by molar-refractivity contribution is -0.148. The first-order valence-corrected chi connectivity index (χ1v) is 7.27. The Morgan fingerprint density at radius 1 is 1.14 bits per heavy atom. The number of alkyl carbamates (subject to hydrolysis) is 1. The molecule has 1 N–H and O–H groups in total. The molecule has 7 heteroatoms. The number of hydrogen-bond donors (Lipinski definition) is 1. The molecule has 0 aromatic rings. The van der Waals surface area contributed by atoms with Gasteiger partial charge >= 0.3 is 12.1 Å². The highest BCUT2D eigenvalue weighted by molar-refractivity contribution is 5.74. The van der Waals surface area contributed by atoms with Crippen LogP contribution in [0.5, 0.6) is 0 Å². The highest BCUT2D eigenvalue weighted by Crippen LogP contribution is 2.21. The smallest absolute Gasteiger partial charge is 0.408 e. The molecule has 1 amide bonds. The Kier molecular flexibility index (Phi) is 8.40. The lowest BCUT2D eigenvalue weighted by Gasteiger charge is -2.33. The van der Waals surface area contributed by atoms with Gasteiger partial charge in [0.1, 0.15) is 5.60 Å². The van der Waals surface area contributed by atoms with Crippen molar-refractivity contribution in [3.63, 3.8) is 0 Å². The third-order valence-electron chi connectivity index (χ3n) is 2.80. The number of ether oxygens (including phenoxy) is 4. The molecule has 2 unspecified atom stereocenters. The second-order valence-electron chi connectivity index (χ2n) is 6.27. The van der Waals surface area contributed by atoms with Crippen molar-refractivity contribution in [3.8, 4) is 0 Å². The maximum Gasteiger partial charge on any atom is 0.408 e. The number of esters is 1. The molecule has 0 rings (SSSR count). The number of carbonyl (C=O) groups is 2. The summed E-state index contributed by atoms with van der Waals surface area (Å²) in [5, 5.41) is 2.72. The van der Waals surface area contributed by atoms with Crippen LogP contribution in [0.2, 0.25) is 0 Å². The van der Waals surface area contributed by atoms with Crippen molar-refractivity contribution in [3.05, 3.63) is 0 Å². The number of rotatable bonds is 8. The normalized spacial score (nSPS) is 15.6. The van der Waals surface area contributed by atoms with Crippen LogP contribution in [0, 0.1) is 0 Å². The Hall–Kier alpha value is -1.34. The molecule has 0 saturated heterocycles. The van der Waals surface area contributed by atoms with Crippen molar-refractivity contribution in [2.24, 2.45) is 0 Å². The second kappa shape index (κ2) is 8.95. The minimum absolute atomic E-state index is 0.0182. The van der Waals surface area contributed by atoms with Gasteiger partial charge in [0.25, 0.3) is 0 Å². The summed E-state index contributed by atoms with van der Waals surface area (Å²) in [6, 6.07) is 0. The summed E-state index contributed by atoms with van der Waals surface area (Å²) >= 11 is 0. The SMILES string of the molecule is CCOC(CC(C)(CC(=O)OC)NC(=O)OC(C)(C)C)OC. The maximum absolute atomic E-state index is 12.0. The molecule has 0 saturated carbocycles. The van der Waals surface area contributed by atoms with Crippen LogP contribution in [0.4, 0.5) is 4.79 Å². The largest absolute Gasteiger partial charge is 0.469 e. The molecule has 0 aromatic carbocycles. The van der Waals surface area contributed by atoms with Crippen LogP contribution in [0.25, 0.3) is 0 Å². The fourth-order valence-corrected chi connectivity index (χ4v) is 1.87. The molecule has 0 radical (unpaired) electrons. The topological polar surface area (TPSA) is 83.1 Å². The molecule has 0 bridgehead atoms. The number of hydrogen-bond acceptors (Lipinski definition) is 6. The van der Waals surface area contributed by atoms with Crippen LogP contribution in [-0.4, -0.2) is 50.3 Å². The Bertz CT molecular complexity index is 366. The number of carbonyl (C=O) groups excluding carboxylic acids is 2. The zero-order valence-corrected chi connectivity index (χ0v) is 14.6. The van der Waals surface area contributed by atoms with Crippen LogP contribution >= 0.6 is 0 Å². The van der Waals surface area contributed by atoms with Gasteiger partial charge in [-0.2, -0.15) is 0 Å². The van der Waals surface area contributed by atoms with Gasteiger partial charge in [0.05, 0.1) is 19.1 Å². The molecule has 0 aromatic heterocycles. The Morgan fingerprint density at radius 2 is 1.73 bits per heavy atom. The molecular weight excluding hydrogens is 290 g/mol. The van der Waals surface area contributed by atoms with E-state index >= 15 is 0 Å². The van der Waals surface area contributed by atoms with E-state index in [1.807, 2.05) is 6.92 Å². The van der Waals surface area contributed by atoms with Crippen LogP contribution in [0.3, 0.4) is 0 Å². The Morgan fingerprint density at radius 3 is 2.14 bits per heavy atom. The van der Waals surface area contributed by atoms with E-state index < -0.39 is 29.5 Å². The molecule has 0 aliphatic carbocycles. The van der Waals surface area contributed by atoms with E-state index in [4.69, 9.17) is 18.9 Å². The van der Waals surface area contributed by atoms with E-state index in [-0.39, 0.29) is 12.8 Å². The van der Waals surface area contributed by atoms with Crippen LogP contribution in [-0.2, 0) is 23.7 Å². The van der Waals surface area contributed by atoms with E-state index in [2.05, 4.69) is 5.32 Å². The predicted molar refractivity (Wildman–Crippen MR) is 81.4 cm³/mol. The molecule has 2 atom stereocenters. The van der Waals surface area contributed by atoms with Crippen LogP contribution in [0.1, 0.15) is 47.5 Å². The van der Waals surface area contributed by atoms with Gasteiger partial charge in [-0.1, -0.05) is 0 Å².